The van der Waals surface area contributed by atoms with Crippen LogP contribution in [0, 0.1) is 17.0 Å². The average molecular weight is 587 g/mol. The molecule has 3 rings (SSSR count). The van der Waals surface area contributed by atoms with E-state index in [2.05, 4.69) is 20.7 Å². The molecule has 15 heteroatoms. The molecular formula is C25H26N6O7S2. The van der Waals surface area contributed by atoms with E-state index in [0.717, 1.165) is 0 Å². The van der Waals surface area contributed by atoms with E-state index in [1.165, 1.54) is 39.8 Å². The molecule has 2 aromatic carbocycles. The van der Waals surface area contributed by atoms with Gasteiger partial charge in [-0.25, -0.2) is 4.79 Å². The standard InChI is InChI=1S/C25H26N6O7S2/c1-15-19-5-4-18(29-30-26)11-22(19)38-25(35)20(15)12-24(34)27-7-9-40-39-8-6-23(33)28-13-16-2-3-17(14-32)21(10-16)31(36)37/h2-5,10-11,32H,6-9,12-14H2,1H3,(H,27,34)(H,28,33). The molecule has 1 heterocycles. The quantitative estimate of drug-likeness (QED) is 0.0362. The highest BCUT2D eigenvalue weighted by Crippen LogP contribution is 2.25. The van der Waals surface area contributed by atoms with Gasteiger partial charge in [-0.3, -0.25) is 19.7 Å². The lowest BCUT2D eigenvalue weighted by atomic mass is 10.0. The van der Waals surface area contributed by atoms with Crippen molar-refractivity contribution in [1.29, 1.82) is 0 Å². The first-order valence-electron chi connectivity index (χ1n) is 12.0. The normalized spacial score (nSPS) is 10.7. The maximum Gasteiger partial charge on any atom is 0.340 e. The summed E-state index contributed by atoms with van der Waals surface area (Å²) in [5.74, 6) is 0.602. The number of carbonyl (C=O) groups is 2. The zero-order valence-electron chi connectivity index (χ0n) is 21.4. The number of azide groups is 1. The third-order valence-electron chi connectivity index (χ3n) is 5.78. The first-order valence-corrected chi connectivity index (χ1v) is 14.5. The molecule has 3 N–H and O–H groups in total. The summed E-state index contributed by atoms with van der Waals surface area (Å²) in [7, 11) is 2.96. The number of benzene rings is 2. The van der Waals surface area contributed by atoms with Gasteiger partial charge in [-0.1, -0.05) is 44.9 Å². The molecule has 0 fully saturated rings. The Labute approximate surface area is 235 Å². The molecular weight excluding hydrogens is 560 g/mol. The van der Waals surface area contributed by atoms with Gasteiger partial charge in [-0.15, -0.1) is 0 Å². The largest absolute Gasteiger partial charge is 0.422 e. The van der Waals surface area contributed by atoms with Gasteiger partial charge in [-0.05, 0) is 35.7 Å². The van der Waals surface area contributed by atoms with Crippen molar-refractivity contribution >= 4 is 55.7 Å². The van der Waals surface area contributed by atoms with Gasteiger partial charge in [0.15, 0.2) is 0 Å². The van der Waals surface area contributed by atoms with Crippen LogP contribution in [0.3, 0.4) is 0 Å². The molecule has 0 bridgehead atoms. The summed E-state index contributed by atoms with van der Waals surface area (Å²) < 4.78 is 5.32. The highest BCUT2D eigenvalue weighted by atomic mass is 33.1. The third kappa shape index (κ3) is 8.48. The Morgan fingerprint density at radius 2 is 1.93 bits per heavy atom. The van der Waals surface area contributed by atoms with E-state index in [1.807, 2.05) is 0 Å². The number of hydrogen-bond acceptors (Lipinski definition) is 10. The fourth-order valence-electron chi connectivity index (χ4n) is 3.72. The molecule has 1 aromatic heterocycles. The molecule has 40 heavy (non-hydrogen) atoms. The molecule has 3 aromatic rings. The van der Waals surface area contributed by atoms with Gasteiger partial charge in [0.25, 0.3) is 5.69 Å². The van der Waals surface area contributed by atoms with E-state index >= 15 is 0 Å². The smallest absolute Gasteiger partial charge is 0.340 e. The highest BCUT2D eigenvalue weighted by Gasteiger charge is 2.16. The number of nitrogens with one attached hydrogen (secondary N) is 2. The second-order valence-corrected chi connectivity index (χ2v) is 11.1. The summed E-state index contributed by atoms with van der Waals surface area (Å²) in [4.78, 5) is 50.1. The summed E-state index contributed by atoms with van der Waals surface area (Å²) in [6, 6.07) is 9.16. The van der Waals surface area contributed by atoms with E-state index in [0.29, 0.717) is 40.3 Å². The third-order valence-corrected chi connectivity index (χ3v) is 8.19. The number of aliphatic hydroxyl groups is 1. The molecule has 0 aliphatic heterocycles. The van der Waals surface area contributed by atoms with E-state index in [4.69, 9.17) is 9.95 Å². The summed E-state index contributed by atoms with van der Waals surface area (Å²) >= 11 is 0. The van der Waals surface area contributed by atoms with Gasteiger partial charge < -0.3 is 20.2 Å². The predicted octanol–water partition coefficient (Wildman–Crippen LogP) is 4.19. The van der Waals surface area contributed by atoms with E-state index in [1.54, 1.807) is 25.1 Å². The van der Waals surface area contributed by atoms with Crippen molar-refractivity contribution < 1.29 is 24.0 Å². The molecule has 0 unspecified atom stereocenters. The lowest BCUT2D eigenvalue weighted by Crippen LogP contribution is -2.29. The minimum Gasteiger partial charge on any atom is -0.422 e. The number of nitro groups is 1. The number of nitro benzene ring substituents is 1. The van der Waals surface area contributed by atoms with E-state index in [-0.39, 0.29) is 53.6 Å². The zero-order valence-corrected chi connectivity index (χ0v) is 23.0. The second-order valence-electron chi connectivity index (χ2n) is 8.44. The van der Waals surface area contributed by atoms with Gasteiger partial charge in [0, 0.05) is 53.1 Å². The van der Waals surface area contributed by atoms with Gasteiger partial charge in [0.05, 0.1) is 29.1 Å². The molecule has 2 amide bonds. The van der Waals surface area contributed by atoms with Crippen LogP contribution in [-0.4, -0.2) is 39.9 Å². The Balaban J connectivity index is 1.35. The highest BCUT2D eigenvalue weighted by molar-refractivity contribution is 8.76. The molecule has 0 saturated heterocycles. The molecule has 0 radical (unpaired) electrons. The number of aryl methyl sites for hydroxylation is 1. The van der Waals surface area contributed by atoms with Crippen molar-refractivity contribution in [2.45, 2.75) is 32.9 Å². The Morgan fingerprint density at radius 1 is 1.15 bits per heavy atom. The first-order chi connectivity index (χ1) is 19.2. The Kier molecular flexibility index (Phi) is 11.4. The van der Waals surface area contributed by atoms with Crippen molar-refractivity contribution in [3.8, 4) is 0 Å². The summed E-state index contributed by atoms with van der Waals surface area (Å²) in [5, 5.41) is 29.9. The number of carbonyl (C=O) groups excluding carboxylic acids is 2. The van der Waals surface area contributed by atoms with Crippen LogP contribution in [0.15, 0.2) is 50.7 Å². The molecule has 210 valence electrons. The van der Waals surface area contributed by atoms with Crippen LogP contribution in [-0.2, 0) is 29.2 Å². The molecule has 0 aliphatic carbocycles. The summed E-state index contributed by atoms with van der Waals surface area (Å²) in [6.07, 6.45) is 0.119. The average Bonchev–Trinajstić information content (AvgIpc) is 2.93. The van der Waals surface area contributed by atoms with Crippen LogP contribution < -0.4 is 16.3 Å². The molecule has 0 atom stereocenters. The summed E-state index contributed by atoms with van der Waals surface area (Å²) in [5.41, 5.74) is 10.0. The van der Waals surface area contributed by atoms with Crippen molar-refractivity contribution in [3.05, 3.63) is 89.6 Å². The van der Waals surface area contributed by atoms with Crippen LogP contribution in [0.1, 0.15) is 28.7 Å². The molecule has 0 spiro atoms. The Bertz CT molecular complexity index is 1520. The van der Waals surface area contributed by atoms with Gasteiger partial charge >= 0.3 is 5.63 Å². The number of amides is 2. The first kappa shape index (κ1) is 30.5. The van der Waals surface area contributed by atoms with Crippen molar-refractivity contribution in [2.24, 2.45) is 5.11 Å². The fourth-order valence-corrected chi connectivity index (χ4v) is 5.62. The predicted molar refractivity (Wildman–Crippen MR) is 153 cm³/mol. The molecule has 13 nitrogen and oxygen atoms in total. The van der Waals surface area contributed by atoms with Crippen molar-refractivity contribution in [2.75, 3.05) is 18.1 Å². The SMILES string of the molecule is Cc1c(CC(=O)NCCSSCCC(=O)NCc2ccc(CO)c([N+](=O)[O-])c2)c(=O)oc2cc(N=[N+]=[N-])ccc12. The minimum atomic E-state index is -0.623. The van der Waals surface area contributed by atoms with Gasteiger partial charge in [-0.2, -0.15) is 0 Å². The molecule has 0 aliphatic rings. The number of fused-ring (bicyclic) bond motifs is 1. The second kappa shape index (κ2) is 14.9. The maximum absolute atomic E-state index is 12.4. The number of aliphatic hydroxyl groups excluding tert-OH is 1. The van der Waals surface area contributed by atoms with E-state index < -0.39 is 17.2 Å². The maximum atomic E-state index is 12.4. The number of hydrogen-bond donors (Lipinski definition) is 3. The van der Waals surface area contributed by atoms with Crippen molar-refractivity contribution in [3.63, 3.8) is 0 Å². The monoisotopic (exact) mass is 586 g/mol. The van der Waals surface area contributed by atoms with Crippen molar-refractivity contribution in [1.82, 2.24) is 10.6 Å². The van der Waals surface area contributed by atoms with Crippen LogP contribution >= 0.6 is 21.6 Å². The van der Waals surface area contributed by atoms with Gasteiger partial charge in [0.1, 0.15) is 5.58 Å². The van der Waals surface area contributed by atoms with E-state index in [9.17, 15) is 29.6 Å². The zero-order chi connectivity index (χ0) is 29.1. The fraction of sp³-hybridized carbons (Fsp3) is 0.320. The van der Waals surface area contributed by atoms with Gasteiger partial charge in [0.2, 0.25) is 11.8 Å². The minimum absolute atomic E-state index is 0.133. The number of rotatable bonds is 14. The molecule has 0 saturated carbocycles. The lowest BCUT2D eigenvalue weighted by molar-refractivity contribution is -0.385. The van der Waals surface area contributed by atoms with Crippen LogP contribution in [0.4, 0.5) is 11.4 Å². The van der Waals surface area contributed by atoms with Crippen LogP contribution in [0.25, 0.3) is 21.4 Å². The Morgan fingerprint density at radius 3 is 2.65 bits per heavy atom. The van der Waals surface area contributed by atoms with Crippen LogP contribution in [0.2, 0.25) is 0 Å². The van der Waals surface area contributed by atoms with Crippen LogP contribution in [0.5, 0.6) is 0 Å². The Hall–Kier alpha value is -4.04. The number of nitrogens with zero attached hydrogens (tertiary/aromatic N) is 4. The lowest BCUT2D eigenvalue weighted by Gasteiger charge is -2.09. The topological polar surface area (TPSA) is 201 Å². The summed E-state index contributed by atoms with van der Waals surface area (Å²) in [6.45, 7) is 1.81.